The van der Waals surface area contributed by atoms with Gasteiger partial charge in [0.1, 0.15) is 5.82 Å². The molecular weight excluding hydrogens is 253 g/mol. The molecule has 2 nitrogen and oxygen atoms in total. The number of anilines is 1. The van der Waals surface area contributed by atoms with Crippen molar-refractivity contribution in [1.82, 2.24) is 0 Å². The molecule has 2 unspecified atom stereocenters. The fourth-order valence-electron chi connectivity index (χ4n) is 2.25. The summed E-state index contributed by atoms with van der Waals surface area (Å²) in [6, 6.07) is 4.79. The highest BCUT2D eigenvalue weighted by Gasteiger charge is 2.25. The van der Waals surface area contributed by atoms with Crippen molar-refractivity contribution >= 4 is 17.3 Å². The van der Waals surface area contributed by atoms with Crippen LogP contribution in [0.25, 0.3) is 0 Å². The first kappa shape index (κ1) is 13.6. The van der Waals surface area contributed by atoms with Crippen molar-refractivity contribution in [3.05, 3.63) is 29.0 Å². The van der Waals surface area contributed by atoms with Crippen LogP contribution in [0.4, 0.5) is 10.1 Å². The van der Waals surface area contributed by atoms with Gasteiger partial charge in [0.15, 0.2) is 0 Å². The Balaban J connectivity index is 2.00. The molecule has 1 aliphatic heterocycles. The number of benzene rings is 1. The summed E-state index contributed by atoms with van der Waals surface area (Å²) in [5, 5.41) is 3.82. The zero-order valence-electron chi connectivity index (χ0n) is 10.7. The van der Waals surface area contributed by atoms with Gasteiger partial charge < -0.3 is 10.1 Å². The van der Waals surface area contributed by atoms with Crippen LogP contribution in [0, 0.1) is 11.7 Å². The number of hydrogen-bond acceptors (Lipinski definition) is 2. The number of ether oxygens (including phenoxy) is 1. The van der Waals surface area contributed by atoms with Crippen molar-refractivity contribution in [3.63, 3.8) is 0 Å². The first-order chi connectivity index (χ1) is 8.56. The Morgan fingerprint density at radius 2 is 2.22 bits per heavy atom. The van der Waals surface area contributed by atoms with E-state index in [1.807, 2.05) is 0 Å². The van der Waals surface area contributed by atoms with Gasteiger partial charge in [0.05, 0.1) is 16.8 Å². The van der Waals surface area contributed by atoms with Gasteiger partial charge in [0.2, 0.25) is 0 Å². The van der Waals surface area contributed by atoms with Gasteiger partial charge in [-0.15, -0.1) is 0 Å². The maximum Gasteiger partial charge on any atom is 0.124 e. The van der Waals surface area contributed by atoms with Crippen molar-refractivity contribution in [2.75, 3.05) is 11.9 Å². The van der Waals surface area contributed by atoms with E-state index in [0.29, 0.717) is 17.0 Å². The van der Waals surface area contributed by atoms with Gasteiger partial charge in [-0.05, 0) is 37.0 Å². The Morgan fingerprint density at radius 3 is 2.89 bits per heavy atom. The molecule has 1 fully saturated rings. The molecule has 0 radical (unpaired) electrons. The monoisotopic (exact) mass is 271 g/mol. The van der Waals surface area contributed by atoms with E-state index in [0.717, 1.165) is 25.1 Å². The summed E-state index contributed by atoms with van der Waals surface area (Å²) in [6.07, 6.45) is 2.21. The highest BCUT2D eigenvalue weighted by Crippen LogP contribution is 2.27. The quantitative estimate of drug-likeness (QED) is 0.894. The lowest BCUT2D eigenvalue weighted by Gasteiger charge is -2.33. The number of nitrogens with one attached hydrogen (secondary N) is 1. The fourth-order valence-corrected chi connectivity index (χ4v) is 2.47. The zero-order valence-corrected chi connectivity index (χ0v) is 11.5. The van der Waals surface area contributed by atoms with Gasteiger partial charge >= 0.3 is 0 Å². The number of rotatable bonds is 3. The minimum atomic E-state index is -0.308. The molecule has 18 heavy (non-hydrogen) atoms. The standard InChI is InChI=1S/C14H19ClFNO/c1-9(2)14-8-11(5-6-18-14)17-13-4-3-10(16)7-12(13)15/h3-4,7,9,11,14,17H,5-6,8H2,1-2H3. The second-order valence-corrected chi connectivity index (χ2v) is 5.55. The average molecular weight is 272 g/mol. The van der Waals surface area contributed by atoms with Gasteiger partial charge in [0.25, 0.3) is 0 Å². The molecule has 1 saturated heterocycles. The third-order valence-electron chi connectivity index (χ3n) is 3.35. The van der Waals surface area contributed by atoms with Crippen LogP contribution in [-0.2, 0) is 4.74 Å². The van der Waals surface area contributed by atoms with Gasteiger partial charge in [0, 0.05) is 12.6 Å². The summed E-state index contributed by atoms with van der Waals surface area (Å²) in [5.74, 6) is 0.205. The van der Waals surface area contributed by atoms with Crippen molar-refractivity contribution in [2.24, 2.45) is 5.92 Å². The lowest BCUT2D eigenvalue weighted by Crippen LogP contribution is -2.36. The molecule has 1 N–H and O–H groups in total. The van der Waals surface area contributed by atoms with Crippen molar-refractivity contribution < 1.29 is 9.13 Å². The van der Waals surface area contributed by atoms with E-state index in [4.69, 9.17) is 16.3 Å². The molecule has 1 aromatic carbocycles. The summed E-state index contributed by atoms with van der Waals surface area (Å²) in [5.41, 5.74) is 0.799. The van der Waals surface area contributed by atoms with E-state index in [2.05, 4.69) is 19.2 Å². The lowest BCUT2D eigenvalue weighted by molar-refractivity contribution is -0.0160. The topological polar surface area (TPSA) is 21.3 Å². The lowest BCUT2D eigenvalue weighted by atomic mass is 9.95. The second-order valence-electron chi connectivity index (χ2n) is 5.14. The van der Waals surface area contributed by atoms with Gasteiger partial charge in [-0.3, -0.25) is 0 Å². The summed E-state index contributed by atoms with van der Waals surface area (Å²) < 4.78 is 18.7. The molecule has 4 heteroatoms. The SMILES string of the molecule is CC(C)C1CC(Nc2ccc(F)cc2Cl)CCO1. The van der Waals surface area contributed by atoms with Crippen LogP contribution < -0.4 is 5.32 Å². The van der Waals surface area contributed by atoms with E-state index in [9.17, 15) is 4.39 Å². The van der Waals surface area contributed by atoms with Crippen LogP contribution in [-0.4, -0.2) is 18.8 Å². The maximum absolute atomic E-state index is 13.0. The Bertz CT molecular complexity index is 411. The first-order valence-electron chi connectivity index (χ1n) is 6.39. The van der Waals surface area contributed by atoms with Crippen LogP contribution >= 0.6 is 11.6 Å². The summed E-state index contributed by atoms with van der Waals surface area (Å²) in [6.45, 7) is 5.09. The minimum absolute atomic E-state index is 0.287. The normalized spacial score (nSPS) is 24.3. The van der Waals surface area contributed by atoms with Crippen LogP contribution in [0.2, 0.25) is 5.02 Å². The molecule has 1 aromatic rings. The maximum atomic E-state index is 13.0. The largest absolute Gasteiger partial charge is 0.381 e. The molecule has 0 aliphatic carbocycles. The Morgan fingerprint density at radius 1 is 1.44 bits per heavy atom. The first-order valence-corrected chi connectivity index (χ1v) is 6.77. The summed E-state index contributed by atoms with van der Waals surface area (Å²) >= 11 is 6.01. The smallest absolute Gasteiger partial charge is 0.124 e. The second kappa shape index (κ2) is 5.89. The number of hydrogen-bond donors (Lipinski definition) is 1. The molecule has 1 heterocycles. The van der Waals surface area contributed by atoms with Crippen LogP contribution in [0.15, 0.2) is 18.2 Å². The van der Waals surface area contributed by atoms with E-state index >= 15 is 0 Å². The molecule has 1 aliphatic rings. The molecular formula is C14H19ClFNO. The van der Waals surface area contributed by atoms with Crippen molar-refractivity contribution in [1.29, 1.82) is 0 Å². The third-order valence-corrected chi connectivity index (χ3v) is 3.66. The molecule has 0 spiro atoms. The highest BCUT2D eigenvalue weighted by atomic mass is 35.5. The zero-order chi connectivity index (χ0) is 13.1. The predicted molar refractivity (Wildman–Crippen MR) is 72.6 cm³/mol. The molecule has 0 amide bonds. The summed E-state index contributed by atoms with van der Waals surface area (Å²) in [4.78, 5) is 0. The molecule has 2 atom stereocenters. The predicted octanol–water partition coefficient (Wildman–Crippen LogP) is 4.09. The molecule has 0 bridgehead atoms. The van der Waals surface area contributed by atoms with Gasteiger partial charge in [-0.25, -0.2) is 4.39 Å². The fraction of sp³-hybridized carbons (Fsp3) is 0.571. The molecule has 2 rings (SSSR count). The number of halogens is 2. The molecule has 100 valence electrons. The average Bonchev–Trinajstić information content (AvgIpc) is 2.33. The van der Waals surface area contributed by atoms with Crippen LogP contribution in [0.1, 0.15) is 26.7 Å². The van der Waals surface area contributed by atoms with E-state index in [1.165, 1.54) is 12.1 Å². The van der Waals surface area contributed by atoms with E-state index in [-0.39, 0.29) is 11.9 Å². The Kier molecular flexibility index (Phi) is 4.46. The van der Waals surface area contributed by atoms with Crippen molar-refractivity contribution in [2.45, 2.75) is 38.8 Å². The van der Waals surface area contributed by atoms with Crippen molar-refractivity contribution in [3.8, 4) is 0 Å². The van der Waals surface area contributed by atoms with E-state index < -0.39 is 0 Å². The van der Waals surface area contributed by atoms with Gasteiger partial charge in [-0.2, -0.15) is 0 Å². The van der Waals surface area contributed by atoms with Gasteiger partial charge in [-0.1, -0.05) is 25.4 Å². The Labute approximate surface area is 112 Å². The molecule has 0 aromatic heterocycles. The van der Waals surface area contributed by atoms with Crippen LogP contribution in [0.3, 0.4) is 0 Å². The van der Waals surface area contributed by atoms with Crippen LogP contribution in [0.5, 0.6) is 0 Å². The highest BCUT2D eigenvalue weighted by molar-refractivity contribution is 6.33. The summed E-state index contributed by atoms with van der Waals surface area (Å²) in [7, 11) is 0. The minimum Gasteiger partial charge on any atom is -0.381 e. The Hall–Kier alpha value is -0.800. The molecule has 0 saturated carbocycles. The third kappa shape index (κ3) is 3.36. The van der Waals surface area contributed by atoms with E-state index in [1.54, 1.807) is 6.07 Å².